The van der Waals surface area contributed by atoms with Crippen molar-refractivity contribution in [1.82, 2.24) is 10.5 Å². The van der Waals surface area contributed by atoms with Gasteiger partial charge in [0.05, 0.1) is 6.10 Å². The molecule has 0 bridgehead atoms. The van der Waals surface area contributed by atoms with Crippen LogP contribution < -0.4 is 5.32 Å². The molecule has 0 saturated heterocycles. The van der Waals surface area contributed by atoms with E-state index in [2.05, 4.69) is 10.5 Å². The average molecular weight is 278 g/mol. The van der Waals surface area contributed by atoms with Gasteiger partial charge in [0.15, 0.2) is 5.69 Å². The molecule has 0 saturated carbocycles. The standard InChI is InChI=1S/C14H15FN2O3/c1-9-6-12(17-20-9)14(18)16-8-13(19-2)10-4-3-5-11(15)7-10/h3-7,13H,8H2,1-2H3,(H,16,18)/t13-/m0/s1. The Balaban J connectivity index is 1.99. The van der Waals surface area contributed by atoms with Gasteiger partial charge >= 0.3 is 0 Å². The van der Waals surface area contributed by atoms with Gasteiger partial charge < -0.3 is 14.6 Å². The van der Waals surface area contributed by atoms with Crippen molar-refractivity contribution in [2.75, 3.05) is 13.7 Å². The van der Waals surface area contributed by atoms with Gasteiger partial charge in [0.25, 0.3) is 5.91 Å². The molecule has 0 aliphatic carbocycles. The average Bonchev–Trinajstić information content (AvgIpc) is 2.86. The van der Waals surface area contributed by atoms with E-state index in [9.17, 15) is 9.18 Å². The first-order chi connectivity index (χ1) is 9.60. The van der Waals surface area contributed by atoms with Crippen LogP contribution in [0.3, 0.4) is 0 Å². The summed E-state index contributed by atoms with van der Waals surface area (Å²) in [7, 11) is 1.50. The number of carbonyl (C=O) groups is 1. The molecule has 2 rings (SSSR count). The van der Waals surface area contributed by atoms with E-state index in [1.807, 2.05) is 0 Å². The first kappa shape index (κ1) is 14.2. The zero-order valence-corrected chi connectivity index (χ0v) is 11.2. The number of benzene rings is 1. The molecular formula is C14H15FN2O3. The van der Waals surface area contributed by atoms with Crippen LogP contribution in [-0.2, 0) is 4.74 Å². The van der Waals surface area contributed by atoms with E-state index < -0.39 is 6.10 Å². The molecule has 20 heavy (non-hydrogen) atoms. The monoisotopic (exact) mass is 278 g/mol. The second kappa shape index (κ2) is 6.29. The van der Waals surface area contributed by atoms with Crippen molar-refractivity contribution in [2.24, 2.45) is 0 Å². The topological polar surface area (TPSA) is 64.4 Å². The first-order valence-electron chi connectivity index (χ1n) is 6.10. The summed E-state index contributed by atoms with van der Waals surface area (Å²) in [6.07, 6.45) is -0.428. The highest BCUT2D eigenvalue weighted by atomic mass is 19.1. The number of amides is 1. The second-order valence-electron chi connectivity index (χ2n) is 4.31. The number of nitrogens with one attached hydrogen (secondary N) is 1. The molecule has 1 N–H and O–H groups in total. The molecule has 106 valence electrons. The van der Waals surface area contributed by atoms with Gasteiger partial charge in [-0.05, 0) is 24.6 Å². The Hall–Kier alpha value is -2.21. The maximum Gasteiger partial charge on any atom is 0.273 e. The lowest BCUT2D eigenvalue weighted by Gasteiger charge is -2.16. The molecule has 2 aromatic rings. The van der Waals surface area contributed by atoms with Crippen LogP contribution in [0.25, 0.3) is 0 Å². The Bertz CT molecular complexity index is 598. The van der Waals surface area contributed by atoms with Crippen molar-refractivity contribution in [2.45, 2.75) is 13.0 Å². The molecule has 0 aliphatic heterocycles. The number of nitrogens with zero attached hydrogens (tertiary/aromatic N) is 1. The van der Waals surface area contributed by atoms with Crippen LogP contribution in [0, 0.1) is 12.7 Å². The Labute approximate surface area is 115 Å². The lowest BCUT2D eigenvalue weighted by atomic mass is 10.1. The second-order valence-corrected chi connectivity index (χ2v) is 4.31. The minimum Gasteiger partial charge on any atom is -0.375 e. The van der Waals surface area contributed by atoms with Crippen LogP contribution in [0.1, 0.15) is 27.9 Å². The largest absolute Gasteiger partial charge is 0.375 e. The third kappa shape index (κ3) is 3.42. The normalized spacial score (nSPS) is 12.2. The number of ether oxygens (including phenoxy) is 1. The lowest BCUT2D eigenvalue weighted by molar-refractivity contribution is 0.0820. The highest BCUT2D eigenvalue weighted by Crippen LogP contribution is 2.16. The summed E-state index contributed by atoms with van der Waals surface area (Å²) in [5.74, 6) is -0.146. The van der Waals surface area contributed by atoms with Crippen LogP contribution in [0.15, 0.2) is 34.9 Å². The summed E-state index contributed by atoms with van der Waals surface area (Å²) in [6.45, 7) is 1.92. The molecule has 0 aliphatic rings. The quantitative estimate of drug-likeness (QED) is 0.911. The van der Waals surface area contributed by atoms with E-state index in [1.54, 1.807) is 25.1 Å². The Morgan fingerprint density at radius 2 is 2.30 bits per heavy atom. The fourth-order valence-electron chi connectivity index (χ4n) is 1.79. The molecule has 1 aromatic carbocycles. The molecule has 1 amide bonds. The van der Waals surface area contributed by atoms with Gasteiger partial charge in [0, 0.05) is 19.7 Å². The molecular weight excluding hydrogens is 263 g/mol. The zero-order chi connectivity index (χ0) is 14.5. The smallest absolute Gasteiger partial charge is 0.273 e. The van der Waals surface area contributed by atoms with Crippen molar-refractivity contribution >= 4 is 5.91 Å². The molecule has 5 nitrogen and oxygen atoms in total. The number of halogens is 1. The van der Waals surface area contributed by atoms with E-state index in [1.165, 1.54) is 19.2 Å². The molecule has 0 unspecified atom stereocenters. The van der Waals surface area contributed by atoms with Gasteiger partial charge in [0.1, 0.15) is 11.6 Å². The van der Waals surface area contributed by atoms with Gasteiger partial charge in [-0.2, -0.15) is 0 Å². The van der Waals surface area contributed by atoms with E-state index in [4.69, 9.17) is 9.26 Å². The predicted octanol–water partition coefficient (Wildman–Crippen LogP) is 2.24. The van der Waals surface area contributed by atoms with Gasteiger partial charge in [-0.3, -0.25) is 4.79 Å². The number of rotatable bonds is 5. The molecule has 0 spiro atoms. The Kier molecular flexibility index (Phi) is 4.47. The maximum absolute atomic E-state index is 13.2. The third-order valence-corrected chi connectivity index (χ3v) is 2.81. The van der Waals surface area contributed by atoms with Crippen LogP contribution in [0.5, 0.6) is 0 Å². The number of methoxy groups -OCH3 is 1. The van der Waals surface area contributed by atoms with E-state index in [0.717, 1.165) is 0 Å². The number of aromatic nitrogens is 1. The van der Waals surface area contributed by atoms with Gasteiger partial charge in [0.2, 0.25) is 0 Å². The minimum atomic E-state index is -0.428. The van der Waals surface area contributed by atoms with Gasteiger partial charge in [-0.25, -0.2) is 4.39 Å². The number of carbonyl (C=O) groups excluding carboxylic acids is 1. The molecule has 1 atom stereocenters. The summed E-state index contributed by atoms with van der Waals surface area (Å²) < 4.78 is 23.3. The minimum absolute atomic E-state index is 0.205. The van der Waals surface area contributed by atoms with Crippen LogP contribution in [0.4, 0.5) is 4.39 Å². The SMILES string of the molecule is CO[C@@H](CNC(=O)c1cc(C)on1)c1cccc(F)c1. The Morgan fingerprint density at radius 3 is 2.90 bits per heavy atom. The molecule has 1 heterocycles. The van der Waals surface area contributed by atoms with Gasteiger partial charge in [-0.1, -0.05) is 17.3 Å². The summed E-state index contributed by atoms with van der Waals surface area (Å²) >= 11 is 0. The van der Waals surface area contributed by atoms with E-state index in [-0.39, 0.29) is 24.0 Å². The summed E-state index contributed by atoms with van der Waals surface area (Å²) in [6, 6.07) is 7.61. The summed E-state index contributed by atoms with van der Waals surface area (Å²) in [5.41, 5.74) is 0.862. The highest BCUT2D eigenvalue weighted by molar-refractivity contribution is 5.92. The first-order valence-corrected chi connectivity index (χ1v) is 6.10. The lowest BCUT2D eigenvalue weighted by Crippen LogP contribution is -2.29. The Morgan fingerprint density at radius 1 is 1.50 bits per heavy atom. The van der Waals surface area contributed by atoms with Crippen LogP contribution >= 0.6 is 0 Å². The third-order valence-electron chi connectivity index (χ3n) is 2.81. The van der Waals surface area contributed by atoms with E-state index in [0.29, 0.717) is 11.3 Å². The molecule has 6 heteroatoms. The van der Waals surface area contributed by atoms with Crippen molar-refractivity contribution in [3.8, 4) is 0 Å². The number of aryl methyl sites for hydroxylation is 1. The number of hydrogen-bond acceptors (Lipinski definition) is 4. The zero-order valence-electron chi connectivity index (χ0n) is 11.2. The molecule has 1 aromatic heterocycles. The maximum atomic E-state index is 13.2. The van der Waals surface area contributed by atoms with E-state index >= 15 is 0 Å². The molecule has 0 fully saturated rings. The molecule has 0 radical (unpaired) electrons. The van der Waals surface area contributed by atoms with Crippen molar-refractivity contribution in [1.29, 1.82) is 0 Å². The summed E-state index contributed by atoms with van der Waals surface area (Å²) in [4.78, 5) is 11.8. The fraction of sp³-hybridized carbons (Fsp3) is 0.286. The number of hydrogen-bond donors (Lipinski definition) is 1. The predicted molar refractivity (Wildman–Crippen MR) is 69.7 cm³/mol. The highest BCUT2D eigenvalue weighted by Gasteiger charge is 2.15. The van der Waals surface area contributed by atoms with Gasteiger partial charge in [-0.15, -0.1) is 0 Å². The van der Waals surface area contributed by atoms with Crippen molar-refractivity contribution in [3.05, 3.63) is 53.2 Å². The van der Waals surface area contributed by atoms with Crippen molar-refractivity contribution in [3.63, 3.8) is 0 Å². The van der Waals surface area contributed by atoms with Crippen molar-refractivity contribution < 1.29 is 18.4 Å². The van der Waals surface area contributed by atoms with Crippen LogP contribution in [-0.4, -0.2) is 24.7 Å². The summed E-state index contributed by atoms with van der Waals surface area (Å²) in [5, 5.41) is 6.29. The van der Waals surface area contributed by atoms with Crippen LogP contribution in [0.2, 0.25) is 0 Å². The fourth-order valence-corrected chi connectivity index (χ4v) is 1.79.